The lowest BCUT2D eigenvalue weighted by molar-refractivity contribution is 0.152. The summed E-state index contributed by atoms with van der Waals surface area (Å²) in [6.07, 6.45) is -2.47. The van der Waals surface area contributed by atoms with E-state index >= 15 is 0 Å². The van der Waals surface area contributed by atoms with E-state index in [1.165, 1.54) is 4.90 Å². The summed E-state index contributed by atoms with van der Waals surface area (Å²) in [6, 6.07) is 4.99. The van der Waals surface area contributed by atoms with E-state index < -0.39 is 13.0 Å². The largest absolute Gasteiger partial charge is 0.395 e. The van der Waals surface area contributed by atoms with Gasteiger partial charge in [-0.05, 0) is 34.1 Å². The molecule has 0 spiro atoms. The molecular formula is C11H13BrF2N2OS. The molecule has 0 aliphatic carbocycles. The number of alkyl halides is 2. The van der Waals surface area contributed by atoms with Crippen LogP contribution < -0.4 is 10.6 Å². The van der Waals surface area contributed by atoms with Crippen LogP contribution in [0.5, 0.6) is 0 Å². The molecule has 0 unspecified atom stereocenters. The van der Waals surface area contributed by atoms with E-state index in [2.05, 4.69) is 15.9 Å². The van der Waals surface area contributed by atoms with Crippen molar-refractivity contribution in [3.8, 4) is 0 Å². The summed E-state index contributed by atoms with van der Waals surface area (Å²) in [6.45, 7) is -0.503. The van der Waals surface area contributed by atoms with Crippen molar-refractivity contribution in [3.63, 3.8) is 0 Å². The summed E-state index contributed by atoms with van der Waals surface area (Å²) in [5.74, 6) is 0. The Balaban J connectivity index is 3.01. The molecule has 0 saturated carbocycles. The zero-order valence-electron chi connectivity index (χ0n) is 9.44. The van der Waals surface area contributed by atoms with Crippen molar-refractivity contribution in [2.75, 3.05) is 24.6 Å². The van der Waals surface area contributed by atoms with Gasteiger partial charge >= 0.3 is 0 Å². The third-order valence-corrected chi connectivity index (χ3v) is 3.17. The van der Waals surface area contributed by atoms with Crippen LogP contribution in [0, 0.1) is 0 Å². The van der Waals surface area contributed by atoms with Crippen LogP contribution in [0.25, 0.3) is 0 Å². The molecule has 0 aliphatic heterocycles. The van der Waals surface area contributed by atoms with Crippen molar-refractivity contribution < 1.29 is 13.9 Å². The summed E-state index contributed by atoms with van der Waals surface area (Å²) in [5.41, 5.74) is 6.71. The Morgan fingerprint density at radius 2 is 2.17 bits per heavy atom. The highest BCUT2D eigenvalue weighted by Gasteiger charge is 2.15. The van der Waals surface area contributed by atoms with Gasteiger partial charge in [-0.2, -0.15) is 0 Å². The molecule has 0 radical (unpaired) electrons. The number of aliphatic hydroxyl groups excluding tert-OH is 1. The molecule has 0 amide bonds. The van der Waals surface area contributed by atoms with E-state index in [0.29, 0.717) is 15.7 Å². The minimum atomic E-state index is -2.47. The van der Waals surface area contributed by atoms with Crippen LogP contribution in [0.3, 0.4) is 0 Å². The minimum Gasteiger partial charge on any atom is -0.395 e. The molecule has 0 aromatic heterocycles. The number of nitrogens with zero attached hydrogens (tertiary/aromatic N) is 1. The zero-order valence-corrected chi connectivity index (χ0v) is 11.8. The summed E-state index contributed by atoms with van der Waals surface area (Å²) < 4.78 is 25.5. The molecule has 0 heterocycles. The number of hydrogen-bond acceptors (Lipinski definition) is 3. The zero-order chi connectivity index (χ0) is 13.7. The Hall–Kier alpha value is -0.790. The highest BCUT2D eigenvalue weighted by Crippen LogP contribution is 2.27. The quantitative estimate of drug-likeness (QED) is 0.780. The topological polar surface area (TPSA) is 49.5 Å². The van der Waals surface area contributed by atoms with Gasteiger partial charge in [0.2, 0.25) is 0 Å². The van der Waals surface area contributed by atoms with Gasteiger partial charge in [0.05, 0.1) is 18.8 Å². The van der Waals surface area contributed by atoms with Crippen molar-refractivity contribution in [1.29, 1.82) is 0 Å². The first-order chi connectivity index (χ1) is 8.45. The smallest absolute Gasteiger partial charge is 0.255 e. The van der Waals surface area contributed by atoms with Gasteiger partial charge in [0.25, 0.3) is 6.43 Å². The van der Waals surface area contributed by atoms with Crippen molar-refractivity contribution in [1.82, 2.24) is 0 Å². The van der Waals surface area contributed by atoms with Crippen molar-refractivity contribution >= 4 is 38.8 Å². The van der Waals surface area contributed by atoms with E-state index in [4.69, 9.17) is 23.1 Å². The van der Waals surface area contributed by atoms with E-state index in [1.54, 1.807) is 18.2 Å². The SMILES string of the molecule is NC(=S)c1ccc(N(CCO)CC(F)F)c(Br)c1. The van der Waals surface area contributed by atoms with Gasteiger partial charge in [0.15, 0.2) is 0 Å². The van der Waals surface area contributed by atoms with Crippen molar-refractivity contribution in [2.45, 2.75) is 6.43 Å². The Bertz CT molecular complexity index is 432. The van der Waals surface area contributed by atoms with Crippen LogP contribution >= 0.6 is 28.1 Å². The number of anilines is 1. The summed E-state index contributed by atoms with van der Waals surface area (Å²) in [5, 5.41) is 8.90. The Labute approximate surface area is 118 Å². The predicted molar refractivity (Wildman–Crippen MR) is 75.3 cm³/mol. The first kappa shape index (κ1) is 15.3. The average molecular weight is 339 g/mol. The maximum absolute atomic E-state index is 12.5. The maximum atomic E-state index is 12.5. The molecule has 18 heavy (non-hydrogen) atoms. The Morgan fingerprint density at radius 1 is 1.50 bits per heavy atom. The summed E-state index contributed by atoms with van der Waals surface area (Å²) in [4.78, 5) is 1.64. The third-order valence-electron chi connectivity index (χ3n) is 2.30. The normalized spacial score (nSPS) is 10.7. The number of nitrogens with two attached hydrogens (primary N) is 1. The van der Waals surface area contributed by atoms with Crippen LogP contribution in [0.15, 0.2) is 22.7 Å². The monoisotopic (exact) mass is 338 g/mol. The average Bonchev–Trinajstić information content (AvgIpc) is 2.27. The van der Waals surface area contributed by atoms with Gasteiger partial charge in [-0.15, -0.1) is 0 Å². The molecule has 3 N–H and O–H groups in total. The molecule has 100 valence electrons. The third kappa shape index (κ3) is 4.15. The van der Waals surface area contributed by atoms with Crippen molar-refractivity contribution in [2.24, 2.45) is 5.73 Å². The van der Waals surface area contributed by atoms with E-state index in [9.17, 15) is 8.78 Å². The molecule has 0 bridgehead atoms. The lowest BCUT2D eigenvalue weighted by Crippen LogP contribution is -2.31. The molecule has 1 aromatic carbocycles. The fourth-order valence-electron chi connectivity index (χ4n) is 1.51. The number of aliphatic hydroxyl groups is 1. The highest BCUT2D eigenvalue weighted by atomic mass is 79.9. The molecule has 1 aromatic rings. The van der Waals surface area contributed by atoms with Crippen LogP contribution in [0.1, 0.15) is 5.56 Å². The van der Waals surface area contributed by atoms with Gasteiger partial charge in [0.1, 0.15) is 4.99 Å². The molecule has 1 rings (SSSR count). The van der Waals surface area contributed by atoms with E-state index in [1.807, 2.05) is 0 Å². The van der Waals surface area contributed by atoms with Crippen LogP contribution in [-0.4, -0.2) is 36.2 Å². The maximum Gasteiger partial charge on any atom is 0.255 e. The van der Waals surface area contributed by atoms with Gasteiger partial charge in [-0.1, -0.05) is 12.2 Å². The molecule has 0 fully saturated rings. The molecule has 0 saturated heterocycles. The number of rotatable bonds is 6. The highest BCUT2D eigenvalue weighted by molar-refractivity contribution is 9.10. The molecule has 7 heteroatoms. The fraction of sp³-hybridized carbons (Fsp3) is 0.364. The second-order valence-corrected chi connectivity index (χ2v) is 4.89. The first-order valence-electron chi connectivity index (χ1n) is 5.19. The Kier molecular flexibility index (Phi) is 5.90. The Morgan fingerprint density at radius 3 is 2.61 bits per heavy atom. The number of benzene rings is 1. The van der Waals surface area contributed by atoms with Crippen LogP contribution in [0.4, 0.5) is 14.5 Å². The lowest BCUT2D eigenvalue weighted by atomic mass is 10.2. The number of thiocarbonyl (C=S) groups is 1. The van der Waals surface area contributed by atoms with Crippen LogP contribution in [-0.2, 0) is 0 Å². The molecular weight excluding hydrogens is 326 g/mol. The lowest BCUT2D eigenvalue weighted by Gasteiger charge is -2.25. The van der Waals surface area contributed by atoms with Gasteiger partial charge in [-0.3, -0.25) is 0 Å². The first-order valence-corrected chi connectivity index (χ1v) is 6.39. The van der Waals surface area contributed by atoms with E-state index in [0.717, 1.165) is 0 Å². The predicted octanol–water partition coefficient (Wildman–Crippen LogP) is 2.15. The fourth-order valence-corrected chi connectivity index (χ4v) is 2.27. The minimum absolute atomic E-state index is 0.134. The number of hydrogen-bond donors (Lipinski definition) is 2. The molecule has 0 aliphatic rings. The second kappa shape index (κ2) is 6.96. The van der Waals surface area contributed by atoms with Gasteiger partial charge < -0.3 is 15.7 Å². The molecule has 0 atom stereocenters. The summed E-state index contributed by atoms with van der Waals surface area (Å²) in [7, 11) is 0. The summed E-state index contributed by atoms with van der Waals surface area (Å²) >= 11 is 8.13. The number of halogens is 3. The standard InChI is InChI=1S/C11H13BrF2N2OS/c12-8-5-7(11(15)18)1-2-9(8)16(3-4-17)6-10(13)14/h1-2,5,10,17H,3-4,6H2,(H2,15,18). The van der Waals surface area contributed by atoms with Gasteiger partial charge in [-0.25, -0.2) is 8.78 Å². The molecule has 3 nitrogen and oxygen atoms in total. The second-order valence-electron chi connectivity index (χ2n) is 3.59. The van der Waals surface area contributed by atoms with Crippen molar-refractivity contribution in [3.05, 3.63) is 28.2 Å². The van der Waals surface area contributed by atoms with E-state index in [-0.39, 0.29) is 18.1 Å². The van der Waals surface area contributed by atoms with Gasteiger partial charge in [0, 0.05) is 16.6 Å². The van der Waals surface area contributed by atoms with Crippen LogP contribution in [0.2, 0.25) is 0 Å².